The Morgan fingerprint density at radius 2 is 2.14 bits per heavy atom. The second-order valence-electron chi connectivity index (χ2n) is 5.56. The lowest BCUT2D eigenvalue weighted by Crippen LogP contribution is -2.19. The lowest BCUT2D eigenvalue weighted by Gasteiger charge is -2.17. The molecule has 1 aliphatic heterocycles. The molecule has 1 aromatic carbocycles. The molecular formula is C16H21NO4. The van der Waals surface area contributed by atoms with Gasteiger partial charge in [0.1, 0.15) is 5.75 Å². The van der Waals surface area contributed by atoms with Crippen molar-refractivity contribution in [2.45, 2.75) is 33.1 Å². The van der Waals surface area contributed by atoms with Crippen molar-refractivity contribution < 1.29 is 19.1 Å². The predicted octanol–water partition coefficient (Wildman–Crippen LogP) is 2.54. The molecule has 0 unspecified atom stereocenters. The number of carbonyl (C=O) groups excluding carboxylic acids is 2. The van der Waals surface area contributed by atoms with Gasteiger partial charge in [-0.25, -0.2) is 4.79 Å². The molecule has 2 rings (SSSR count). The average Bonchev–Trinajstić information content (AvgIpc) is 2.44. The smallest absolute Gasteiger partial charge is 0.344 e. The topological polar surface area (TPSA) is 64.6 Å². The molecule has 1 heterocycles. The van der Waals surface area contributed by atoms with Gasteiger partial charge in [0.25, 0.3) is 0 Å². The molecular weight excluding hydrogens is 270 g/mol. The monoisotopic (exact) mass is 291 g/mol. The van der Waals surface area contributed by atoms with Crippen LogP contribution < -0.4 is 10.1 Å². The Bertz CT molecular complexity index is 525. The van der Waals surface area contributed by atoms with Gasteiger partial charge >= 0.3 is 5.97 Å². The molecule has 1 N–H and O–H groups in total. The van der Waals surface area contributed by atoms with E-state index in [9.17, 15) is 9.59 Å². The minimum atomic E-state index is -0.360. The number of rotatable bonds is 6. The SMILES string of the molecule is CC(C)CCOC(=O)COc1ccc2c(c1)CCC(=O)N2. The summed E-state index contributed by atoms with van der Waals surface area (Å²) in [6, 6.07) is 5.40. The molecule has 0 atom stereocenters. The maximum Gasteiger partial charge on any atom is 0.344 e. The van der Waals surface area contributed by atoms with E-state index in [0.29, 0.717) is 31.1 Å². The maximum atomic E-state index is 11.5. The number of nitrogens with one attached hydrogen (secondary N) is 1. The highest BCUT2D eigenvalue weighted by atomic mass is 16.6. The number of amides is 1. The maximum absolute atomic E-state index is 11.5. The van der Waals surface area contributed by atoms with E-state index in [2.05, 4.69) is 19.2 Å². The Labute approximate surface area is 124 Å². The van der Waals surface area contributed by atoms with E-state index in [4.69, 9.17) is 9.47 Å². The first kappa shape index (κ1) is 15.4. The molecule has 0 bridgehead atoms. The minimum Gasteiger partial charge on any atom is -0.482 e. The van der Waals surface area contributed by atoms with Crippen LogP contribution in [0.15, 0.2) is 18.2 Å². The van der Waals surface area contributed by atoms with E-state index in [1.165, 1.54) is 0 Å². The quantitative estimate of drug-likeness (QED) is 0.818. The van der Waals surface area contributed by atoms with Gasteiger partial charge in [-0.1, -0.05) is 13.8 Å². The number of aryl methyl sites for hydroxylation is 1. The molecule has 1 aliphatic rings. The lowest BCUT2D eigenvalue weighted by molar-refractivity contribution is -0.146. The van der Waals surface area contributed by atoms with Crippen molar-refractivity contribution in [2.24, 2.45) is 5.92 Å². The summed E-state index contributed by atoms with van der Waals surface area (Å²) in [5, 5.41) is 2.80. The molecule has 114 valence electrons. The Morgan fingerprint density at radius 1 is 1.33 bits per heavy atom. The minimum absolute atomic E-state index is 0.0323. The standard InChI is InChI=1S/C16H21NO4/c1-11(2)7-8-20-16(19)10-21-13-4-5-14-12(9-13)3-6-15(18)17-14/h4-5,9,11H,3,6-8,10H2,1-2H3,(H,17,18). The zero-order chi connectivity index (χ0) is 15.2. The molecule has 0 aliphatic carbocycles. The molecule has 0 saturated heterocycles. The molecule has 0 saturated carbocycles. The van der Waals surface area contributed by atoms with Crippen molar-refractivity contribution in [1.82, 2.24) is 0 Å². The second-order valence-corrected chi connectivity index (χ2v) is 5.56. The summed E-state index contributed by atoms with van der Waals surface area (Å²) in [5.74, 6) is 0.798. The molecule has 1 amide bonds. The molecule has 0 fully saturated rings. The van der Waals surface area contributed by atoms with Crippen LogP contribution in [0.5, 0.6) is 5.75 Å². The van der Waals surface area contributed by atoms with Crippen LogP contribution in [0.1, 0.15) is 32.3 Å². The molecule has 0 aromatic heterocycles. The number of hydrogen-bond donors (Lipinski definition) is 1. The summed E-state index contributed by atoms with van der Waals surface area (Å²) in [6.07, 6.45) is 2.02. The van der Waals surface area contributed by atoms with Gasteiger partial charge < -0.3 is 14.8 Å². The molecule has 5 heteroatoms. The number of ether oxygens (including phenoxy) is 2. The zero-order valence-electron chi connectivity index (χ0n) is 12.5. The van der Waals surface area contributed by atoms with Crippen LogP contribution >= 0.6 is 0 Å². The van der Waals surface area contributed by atoms with E-state index in [0.717, 1.165) is 17.7 Å². The summed E-state index contributed by atoms with van der Waals surface area (Å²) in [7, 11) is 0. The molecule has 0 radical (unpaired) electrons. The normalized spacial score (nSPS) is 13.6. The fourth-order valence-corrected chi connectivity index (χ4v) is 2.04. The van der Waals surface area contributed by atoms with E-state index < -0.39 is 0 Å². The number of carbonyl (C=O) groups is 2. The van der Waals surface area contributed by atoms with Gasteiger partial charge in [-0.3, -0.25) is 4.79 Å². The third-order valence-corrected chi connectivity index (χ3v) is 3.29. The fraction of sp³-hybridized carbons (Fsp3) is 0.500. The highest BCUT2D eigenvalue weighted by molar-refractivity contribution is 5.94. The van der Waals surface area contributed by atoms with E-state index >= 15 is 0 Å². The summed E-state index contributed by atoms with van der Waals surface area (Å²) in [6.45, 7) is 4.49. The summed E-state index contributed by atoms with van der Waals surface area (Å²) >= 11 is 0. The molecule has 5 nitrogen and oxygen atoms in total. The van der Waals surface area contributed by atoms with Gasteiger partial charge in [-0.15, -0.1) is 0 Å². The number of anilines is 1. The van der Waals surface area contributed by atoms with Crippen molar-refractivity contribution in [3.05, 3.63) is 23.8 Å². The largest absolute Gasteiger partial charge is 0.482 e. The Balaban J connectivity index is 1.81. The lowest BCUT2D eigenvalue weighted by atomic mass is 10.0. The van der Waals surface area contributed by atoms with E-state index in [1.54, 1.807) is 12.1 Å². The average molecular weight is 291 g/mol. The van der Waals surface area contributed by atoms with Crippen LogP contribution in [0.25, 0.3) is 0 Å². The highest BCUT2D eigenvalue weighted by Gasteiger charge is 2.15. The van der Waals surface area contributed by atoms with Gasteiger partial charge in [0.2, 0.25) is 5.91 Å². The summed E-state index contributed by atoms with van der Waals surface area (Å²) in [5.41, 5.74) is 1.85. The third kappa shape index (κ3) is 4.77. The van der Waals surface area contributed by atoms with E-state index in [-0.39, 0.29) is 18.5 Å². The van der Waals surface area contributed by atoms with Crippen molar-refractivity contribution in [3.8, 4) is 5.75 Å². The first-order chi connectivity index (χ1) is 10.0. The Hall–Kier alpha value is -2.04. The first-order valence-corrected chi connectivity index (χ1v) is 7.26. The van der Waals surface area contributed by atoms with Crippen molar-refractivity contribution in [2.75, 3.05) is 18.5 Å². The summed E-state index contributed by atoms with van der Waals surface area (Å²) < 4.78 is 10.5. The zero-order valence-corrected chi connectivity index (χ0v) is 12.5. The van der Waals surface area contributed by atoms with Crippen molar-refractivity contribution in [1.29, 1.82) is 0 Å². The molecule has 0 spiro atoms. The first-order valence-electron chi connectivity index (χ1n) is 7.26. The summed E-state index contributed by atoms with van der Waals surface area (Å²) in [4.78, 5) is 22.8. The van der Waals surface area contributed by atoms with Crippen LogP contribution in [0.4, 0.5) is 5.69 Å². The Kier molecular flexibility index (Phi) is 5.20. The molecule has 21 heavy (non-hydrogen) atoms. The molecule has 1 aromatic rings. The van der Waals surface area contributed by atoms with Crippen LogP contribution in [0.3, 0.4) is 0 Å². The van der Waals surface area contributed by atoms with Gasteiger partial charge in [0.05, 0.1) is 6.61 Å². The highest BCUT2D eigenvalue weighted by Crippen LogP contribution is 2.26. The van der Waals surface area contributed by atoms with Gasteiger partial charge in [0, 0.05) is 12.1 Å². The van der Waals surface area contributed by atoms with Crippen LogP contribution in [0, 0.1) is 5.92 Å². The second kappa shape index (κ2) is 7.11. The van der Waals surface area contributed by atoms with Gasteiger partial charge in [-0.2, -0.15) is 0 Å². The van der Waals surface area contributed by atoms with E-state index in [1.807, 2.05) is 6.07 Å². The predicted molar refractivity (Wildman–Crippen MR) is 79.3 cm³/mol. The van der Waals surface area contributed by atoms with Crippen LogP contribution in [-0.2, 0) is 20.7 Å². The van der Waals surface area contributed by atoms with Crippen LogP contribution in [-0.4, -0.2) is 25.1 Å². The number of fused-ring (bicyclic) bond motifs is 1. The van der Waals surface area contributed by atoms with Gasteiger partial charge in [0.15, 0.2) is 6.61 Å². The number of hydrogen-bond acceptors (Lipinski definition) is 4. The Morgan fingerprint density at radius 3 is 2.90 bits per heavy atom. The number of benzene rings is 1. The number of esters is 1. The fourth-order valence-electron chi connectivity index (χ4n) is 2.04. The third-order valence-electron chi connectivity index (χ3n) is 3.29. The van der Waals surface area contributed by atoms with Crippen molar-refractivity contribution in [3.63, 3.8) is 0 Å². The van der Waals surface area contributed by atoms with Crippen LogP contribution in [0.2, 0.25) is 0 Å². The van der Waals surface area contributed by atoms with Gasteiger partial charge in [-0.05, 0) is 42.5 Å². The van der Waals surface area contributed by atoms with Crippen molar-refractivity contribution >= 4 is 17.6 Å².